The van der Waals surface area contributed by atoms with Crippen LogP contribution in [0.1, 0.15) is 19.4 Å². The number of ether oxygens (including phenoxy) is 1. The molecule has 23 heavy (non-hydrogen) atoms. The van der Waals surface area contributed by atoms with Crippen LogP contribution < -0.4 is 15.4 Å². The molecular weight excluding hydrogens is 312 g/mol. The smallest absolute Gasteiger partial charge is 0.191 e. The highest BCUT2D eigenvalue weighted by Crippen LogP contribution is 2.22. The van der Waals surface area contributed by atoms with Crippen LogP contribution in [0.15, 0.2) is 23.2 Å². The van der Waals surface area contributed by atoms with Gasteiger partial charge in [-0.15, -0.1) is 0 Å². The Morgan fingerprint density at radius 1 is 1.30 bits per heavy atom. The van der Waals surface area contributed by atoms with E-state index in [-0.39, 0.29) is 5.54 Å². The summed E-state index contributed by atoms with van der Waals surface area (Å²) in [5.74, 6) is 1.57. The van der Waals surface area contributed by atoms with Gasteiger partial charge in [-0.1, -0.05) is 17.7 Å². The number of rotatable bonds is 7. The Labute approximate surface area is 145 Å². The molecule has 0 aliphatic carbocycles. The molecule has 0 aromatic heterocycles. The van der Waals surface area contributed by atoms with Crippen LogP contribution in [0.25, 0.3) is 0 Å². The number of nitrogens with one attached hydrogen (secondary N) is 2. The average Bonchev–Trinajstić information content (AvgIpc) is 2.51. The summed E-state index contributed by atoms with van der Waals surface area (Å²) in [6.07, 6.45) is 0.820. The minimum Gasteiger partial charge on any atom is -0.497 e. The van der Waals surface area contributed by atoms with Crippen LogP contribution in [0.5, 0.6) is 5.75 Å². The van der Waals surface area contributed by atoms with Crippen molar-refractivity contribution in [3.05, 3.63) is 28.8 Å². The molecule has 1 rings (SSSR count). The third-order valence-corrected chi connectivity index (χ3v) is 4.42. The van der Waals surface area contributed by atoms with Gasteiger partial charge in [0.25, 0.3) is 0 Å². The van der Waals surface area contributed by atoms with Crippen LogP contribution in [0.3, 0.4) is 0 Å². The molecule has 0 saturated heterocycles. The monoisotopic (exact) mass is 340 g/mol. The van der Waals surface area contributed by atoms with E-state index in [1.54, 1.807) is 14.2 Å². The largest absolute Gasteiger partial charge is 0.497 e. The highest BCUT2D eigenvalue weighted by molar-refractivity contribution is 6.31. The molecule has 130 valence electrons. The van der Waals surface area contributed by atoms with Crippen LogP contribution in [0, 0.1) is 0 Å². The standard InChI is InChI=1S/C17H29ClN4O/c1-17(2,22(4)5)12-21-16(19-3)20-10-9-13-7-8-14(23-6)11-15(13)18/h7-8,11H,9-10,12H2,1-6H3,(H2,19,20,21). The third-order valence-electron chi connectivity index (χ3n) is 4.07. The molecule has 0 unspecified atom stereocenters. The summed E-state index contributed by atoms with van der Waals surface area (Å²) >= 11 is 6.25. The second-order valence-corrected chi connectivity index (χ2v) is 6.67. The maximum atomic E-state index is 6.25. The van der Waals surface area contributed by atoms with Gasteiger partial charge in [-0.25, -0.2) is 0 Å². The Kier molecular flexibility index (Phi) is 7.65. The number of likely N-dealkylation sites (N-methyl/N-ethyl adjacent to an activating group) is 1. The zero-order chi connectivity index (χ0) is 17.5. The molecule has 0 aliphatic rings. The van der Waals surface area contributed by atoms with Crippen LogP contribution in [-0.2, 0) is 6.42 Å². The Morgan fingerprint density at radius 2 is 2.00 bits per heavy atom. The van der Waals surface area contributed by atoms with Crippen LogP contribution >= 0.6 is 11.6 Å². The topological polar surface area (TPSA) is 48.9 Å². The molecule has 1 aromatic carbocycles. The van der Waals surface area contributed by atoms with Crippen LogP contribution in [0.4, 0.5) is 0 Å². The van der Waals surface area contributed by atoms with Gasteiger partial charge in [0.1, 0.15) is 5.75 Å². The van der Waals surface area contributed by atoms with E-state index < -0.39 is 0 Å². The summed E-state index contributed by atoms with van der Waals surface area (Å²) in [4.78, 5) is 6.44. The van der Waals surface area contributed by atoms with E-state index in [1.807, 2.05) is 18.2 Å². The van der Waals surface area contributed by atoms with E-state index in [0.717, 1.165) is 41.8 Å². The van der Waals surface area contributed by atoms with Gasteiger partial charge in [0, 0.05) is 30.7 Å². The summed E-state index contributed by atoms with van der Waals surface area (Å²) in [5, 5.41) is 7.39. The predicted molar refractivity (Wildman–Crippen MR) is 98.8 cm³/mol. The number of benzene rings is 1. The second-order valence-electron chi connectivity index (χ2n) is 6.27. The molecule has 0 radical (unpaired) electrons. The number of hydrogen-bond donors (Lipinski definition) is 2. The summed E-state index contributed by atoms with van der Waals surface area (Å²) in [6, 6.07) is 5.76. The van der Waals surface area contributed by atoms with Gasteiger partial charge < -0.3 is 20.3 Å². The van der Waals surface area contributed by atoms with Crippen LogP contribution in [0.2, 0.25) is 5.02 Å². The number of halogens is 1. The number of guanidine groups is 1. The van der Waals surface area contributed by atoms with Crippen molar-refractivity contribution in [2.75, 3.05) is 41.3 Å². The molecule has 0 spiro atoms. The number of hydrogen-bond acceptors (Lipinski definition) is 3. The molecule has 6 heteroatoms. The van der Waals surface area contributed by atoms with Crippen LogP contribution in [-0.4, -0.2) is 57.7 Å². The highest BCUT2D eigenvalue weighted by atomic mass is 35.5. The highest BCUT2D eigenvalue weighted by Gasteiger charge is 2.20. The molecule has 1 aromatic rings. The molecule has 5 nitrogen and oxygen atoms in total. The zero-order valence-electron chi connectivity index (χ0n) is 15.0. The first-order valence-corrected chi connectivity index (χ1v) is 8.12. The number of methoxy groups -OCH3 is 1. The Hall–Kier alpha value is -1.46. The quantitative estimate of drug-likeness (QED) is 0.591. The van der Waals surface area contributed by atoms with E-state index in [0.29, 0.717) is 0 Å². The first-order chi connectivity index (χ1) is 10.8. The molecule has 0 amide bonds. The van der Waals surface area contributed by atoms with Crippen molar-refractivity contribution in [3.63, 3.8) is 0 Å². The molecule has 0 fully saturated rings. The number of nitrogens with zero attached hydrogens (tertiary/aromatic N) is 2. The molecular formula is C17H29ClN4O. The minimum atomic E-state index is 0.0525. The summed E-state index contributed by atoms with van der Waals surface area (Å²) < 4.78 is 5.16. The second kappa shape index (κ2) is 8.99. The molecule has 2 N–H and O–H groups in total. The van der Waals surface area contributed by atoms with Crippen molar-refractivity contribution >= 4 is 17.6 Å². The molecule has 0 aliphatic heterocycles. The lowest BCUT2D eigenvalue weighted by Crippen LogP contribution is -2.51. The van der Waals surface area contributed by atoms with E-state index in [1.165, 1.54) is 0 Å². The summed E-state index contributed by atoms with van der Waals surface area (Å²) in [6.45, 7) is 5.94. The van der Waals surface area contributed by atoms with Gasteiger partial charge in [0.2, 0.25) is 0 Å². The zero-order valence-corrected chi connectivity index (χ0v) is 15.8. The summed E-state index contributed by atoms with van der Waals surface area (Å²) in [7, 11) is 7.56. The SMILES string of the molecule is CN=C(NCCc1ccc(OC)cc1Cl)NCC(C)(C)N(C)C. The van der Waals surface area contributed by atoms with E-state index >= 15 is 0 Å². The fourth-order valence-corrected chi connectivity index (χ4v) is 2.12. The molecule has 0 atom stereocenters. The number of aliphatic imine (C=N–C) groups is 1. The van der Waals surface area contributed by atoms with Crippen molar-refractivity contribution in [2.24, 2.45) is 4.99 Å². The molecule has 0 bridgehead atoms. The molecule has 0 heterocycles. The normalized spacial score (nSPS) is 12.4. The van der Waals surface area contributed by atoms with Crippen molar-refractivity contribution in [1.82, 2.24) is 15.5 Å². The van der Waals surface area contributed by atoms with Crippen molar-refractivity contribution < 1.29 is 4.74 Å². The lowest BCUT2D eigenvalue weighted by molar-refractivity contribution is 0.197. The van der Waals surface area contributed by atoms with Gasteiger partial charge >= 0.3 is 0 Å². The predicted octanol–water partition coefficient (Wildman–Crippen LogP) is 2.40. The average molecular weight is 341 g/mol. The maximum absolute atomic E-state index is 6.25. The Balaban J connectivity index is 2.47. The lowest BCUT2D eigenvalue weighted by atomic mass is 10.0. The maximum Gasteiger partial charge on any atom is 0.191 e. The first kappa shape index (κ1) is 19.6. The van der Waals surface area contributed by atoms with Gasteiger partial charge in [0.05, 0.1) is 7.11 Å². The van der Waals surface area contributed by atoms with E-state index in [4.69, 9.17) is 16.3 Å². The van der Waals surface area contributed by atoms with Gasteiger partial charge in [-0.05, 0) is 52.1 Å². The first-order valence-electron chi connectivity index (χ1n) is 7.74. The van der Waals surface area contributed by atoms with Crippen molar-refractivity contribution in [3.8, 4) is 5.75 Å². The third kappa shape index (κ3) is 6.28. The van der Waals surface area contributed by atoms with Gasteiger partial charge in [-0.2, -0.15) is 0 Å². The van der Waals surface area contributed by atoms with E-state index in [9.17, 15) is 0 Å². The Bertz CT molecular complexity index is 529. The molecule has 0 saturated carbocycles. The van der Waals surface area contributed by atoms with Gasteiger partial charge in [-0.3, -0.25) is 4.99 Å². The van der Waals surface area contributed by atoms with Crippen molar-refractivity contribution in [2.45, 2.75) is 25.8 Å². The van der Waals surface area contributed by atoms with E-state index in [2.05, 4.69) is 48.5 Å². The lowest BCUT2D eigenvalue weighted by Gasteiger charge is -2.33. The fraction of sp³-hybridized carbons (Fsp3) is 0.588. The fourth-order valence-electron chi connectivity index (χ4n) is 1.85. The van der Waals surface area contributed by atoms with Gasteiger partial charge in [0.15, 0.2) is 5.96 Å². The Morgan fingerprint density at radius 3 is 2.52 bits per heavy atom. The van der Waals surface area contributed by atoms with Crippen molar-refractivity contribution in [1.29, 1.82) is 0 Å². The minimum absolute atomic E-state index is 0.0525. The summed E-state index contributed by atoms with van der Waals surface area (Å²) in [5.41, 5.74) is 1.14.